The molecule has 0 aromatic rings. The Balaban J connectivity index is 0.00000900. The Morgan fingerprint density at radius 1 is 0.871 bits per heavy atom. The Morgan fingerprint density at radius 3 is 1.94 bits per heavy atom. The van der Waals surface area contributed by atoms with Crippen LogP contribution in [-0.4, -0.2) is 73.6 Å². The van der Waals surface area contributed by atoms with Gasteiger partial charge >= 0.3 is 0 Å². The maximum atomic E-state index is 11.9. The minimum absolute atomic E-state index is 0. The van der Waals surface area contributed by atoms with Crippen molar-refractivity contribution in [2.24, 2.45) is 0 Å². The number of likely N-dealkylation sites (tertiary alicyclic amines) is 1. The van der Waals surface area contributed by atoms with Crippen LogP contribution in [0.25, 0.3) is 0 Å². The van der Waals surface area contributed by atoms with E-state index in [0.717, 1.165) is 50.3 Å². The van der Waals surface area contributed by atoms with Gasteiger partial charge in [0.25, 0.3) is 0 Å². The molecule has 1 aliphatic heterocycles. The lowest BCUT2D eigenvalue weighted by Crippen LogP contribution is -3.00. The highest BCUT2D eigenvalue weighted by Crippen LogP contribution is 2.15. The van der Waals surface area contributed by atoms with Crippen LogP contribution in [0.5, 0.6) is 0 Å². The normalized spacial score (nSPS) is 15.8. The van der Waals surface area contributed by atoms with Gasteiger partial charge in [-0.2, -0.15) is 0 Å². The summed E-state index contributed by atoms with van der Waals surface area (Å²) in [6.07, 6.45) is 19.1. The highest BCUT2D eigenvalue weighted by Gasteiger charge is 2.29. The van der Waals surface area contributed by atoms with E-state index in [4.69, 9.17) is 4.74 Å². The van der Waals surface area contributed by atoms with Crippen LogP contribution < -0.4 is 12.4 Å². The summed E-state index contributed by atoms with van der Waals surface area (Å²) in [6, 6.07) is 0. The van der Waals surface area contributed by atoms with Crippen molar-refractivity contribution in [1.82, 2.24) is 4.90 Å². The number of ether oxygens (including phenoxy) is 1. The molecule has 1 aliphatic rings. The Labute approximate surface area is 198 Å². The maximum Gasteiger partial charge on any atom is 0.226 e. The lowest BCUT2D eigenvalue weighted by atomic mass is 10.1. The van der Waals surface area contributed by atoms with Gasteiger partial charge in [0.2, 0.25) is 5.91 Å². The van der Waals surface area contributed by atoms with Crippen LogP contribution in [0.3, 0.4) is 0 Å². The molecule has 6 heteroatoms. The van der Waals surface area contributed by atoms with Crippen LogP contribution in [0.2, 0.25) is 0 Å². The van der Waals surface area contributed by atoms with Crippen molar-refractivity contribution in [3.8, 4) is 0 Å². The summed E-state index contributed by atoms with van der Waals surface area (Å²) in [5.41, 5.74) is 0. The quantitative estimate of drug-likeness (QED) is 0.210. The number of rotatable bonds is 21. The summed E-state index contributed by atoms with van der Waals surface area (Å²) in [6.45, 7) is 7.33. The standard InChI is InChI=1S/C25H51N2O3.ClH/c1-3-4-5-6-7-8-9-10-11-12-13-14-22-30-23-16-19-27(2,20-21-28)24-26-18-15-17-25(26)29;/h28H,3-24H2,1-2H3;1H/q+1;/p-1. The first-order chi connectivity index (χ1) is 14.6. The predicted molar refractivity (Wildman–Crippen MR) is 125 cm³/mol. The zero-order valence-electron chi connectivity index (χ0n) is 20.6. The summed E-state index contributed by atoms with van der Waals surface area (Å²) in [5, 5.41) is 9.43. The largest absolute Gasteiger partial charge is 1.00 e. The maximum absolute atomic E-state index is 11.9. The highest BCUT2D eigenvalue weighted by atomic mass is 35.5. The van der Waals surface area contributed by atoms with Gasteiger partial charge in [-0.05, 0) is 12.8 Å². The zero-order valence-corrected chi connectivity index (χ0v) is 21.3. The van der Waals surface area contributed by atoms with E-state index in [1.54, 1.807) is 0 Å². The smallest absolute Gasteiger partial charge is 0.226 e. The average Bonchev–Trinajstić information content (AvgIpc) is 3.12. The van der Waals surface area contributed by atoms with Gasteiger partial charge in [0, 0.05) is 26.0 Å². The van der Waals surface area contributed by atoms with Crippen molar-refractivity contribution in [2.45, 2.75) is 103 Å². The molecule has 1 rings (SSSR count). The van der Waals surface area contributed by atoms with Crippen molar-refractivity contribution < 1.29 is 31.5 Å². The molecule has 0 radical (unpaired) electrons. The number of hydrogen-bond donors (Lipinski definition) is 1. The molecule has 5 nitrogen and oxygen atoms in total. The molecule has 31 heavy (non-hydrogen) atoms. The summed E-state index contributed by atoms with van der Waals surface area (Å²) >= 11 is 0. The first kappa shape index (κ1) is 30.6. The van der Waals surface area contributed by atoms with Gasteiger partial charge in [0.15, 0.2) is 6.67 Å². The number of hydrogen-bond acceptors (Lipinski definition) is 3. The van der Waals surface area contributed by atoms with Crippen LogP contribution in [-0.2, 0) is 9.53 Å². The van der Waals surface area contributed by atoms with E-state index in [0.29, 0.717) is 13.0 Å². The van der Waals surface area contributed by atoms with E-state index in [9.17, 15) is 9.90 Å². The number of amides is 1. The van der Waals surface area contributed by atoms with E-state index in [1.807, 2.05) is 4.90 Å². The topological polar surface area (TPSA) is 49.8 Å². The lowest BCUT2D eigenvalue weighted by Gasteiger charge is -2.37. The Morgan fingerprint density at radius 2 is 1.42 bits per heavy atom. The third kappa shape index (κ3) is 16.0. The summed E-state index contributed by atoms with van der Waals surface area (Å²) in [7, 11) is 2.15. The van der Waals surface area contributed by atoms with Crippen molar-refractivity contribution in [2.75, 3.05) is 53.2 Å². The fourth-order valence-electron chi connectivity index (χ4n) is 4.46. The highest BCUT2D eigenvalue weighted by molar-refractivity contribution is 5.77. The predicted octanol–water partition coefficient (Wildman–Crippen LogP) is 2.12. The Bertz CT molecular complexity index is 426. The number of nitrogens with zero attached hydrogens (tertiary/aromatic N) is 2. The second-order valence-electron chi connectivity index (χ2n) is 9.55. The van der Waals surface area contributed by atoms with Gasteiger partial charge in [-0.3, -0.25) is 9.69 Å². The number of carbonyl (C=O) groups excluding carboxylic acids is 1. The van der Waals surface area contributed by atoms with Crippen LogP contribution in [0.4, 0.5) is 0 Å². The molecule has 1 amide bonds. The van der Waals surface area contributed by atoms with Gasteiger partial charge in [0.1, 0.15) is 6.54 Å². The number of aliphatic hydroxyl groups is 1. The fourth-order valence-corrected chi connectivity index (χ4v) is 4.46. The van der Waals surface area contributed by atoms with E-state index >= 15 is 0 Å². The van der Waals surface area contributed by atoms with Crippen molar-refractivity contribution >= 4 is 5.91 Å². The van der Waals surface area contributed by atoms with Gasteiger partial charge in [0.05, 0.1) is 26.8 Å². The molecule has 1 unspecified atom stereocenters. The molecule has 0 aromatic heterocycles. The van der Waals surface area contributed by atoms with Crippen LogP contribution >= 0.6 is 0 Å². The molecule has 1 atom stereocenters. The minimum Gasteiger partial charge on any atom is -1.00 e. The lowest BCUT2D eigenvalue weighted by molar-refractivity contribution is -0.918. The second kappa shape index (κ2) is 20.3. The van der Waals surface area contributed by atoms with E-state index < -0.39 is 0 Å². The number of unbranched alkanes of at least 4 members (excludes halogenated alkanes) is 11. The van der Waals surface area contributed by atoms with Gasteiger partial charge in [-0.1, -0.05) is 77.6 Å². The summed E-state index contributed by atoms with van der Waals surface area (Å²) in [4.78, 5) is 13.9. The third-order valence-electron chi connectivity index (χ3n) is 6.45. The molecule has 186 valence electrons. The Hall–Kier alpha value is -0.360. The van der Waals surface area contributed by atoms with Crippen molar-refractivity contribution in [1.29, 1.82) is 0 Å². The van der Waals surface area contributed by atoms with Gasteiger partial charge in [-0.25, -0.2) is 0 Å². The number of halogens is 1. The third-order valence-corrected chi connectivity index (χ3v) is 6.45. The Kier molecular flexibility index (Phi) is 20.0. The molecule has 0 aliphatic carbocycles. The van der Waals surface area contributed by atoms with Crippen molar-refractivity contribution in [3.05, 3.63) is 0 Å². The molecule has 1 heterocycles. The number of quaternary nitrogens is 1. The fraction of sp³-hybridized carbons (Fsp3) is 0.960. The molecule has 0 spiro atoms. The first-order valence-corrected chi connectivity index (χ1v) is 12.9. The molecule has 1 saturated heterocycles. The number of likely N-dealkylation sites (N-methyl/N-ethyl adjacent to an activating group) is 1. The SMILES string of the molecule is CCCCCCCCCCCCCCOCCC[N+](C)(CCO)CN1CCCC1=O.[Cl-]. The molecule has 0 bridgehead atoms. The van der Waals surface area contributed by atoms with Crippen LogP contribution in [0, 0.1) is 0 Å². The van der Waals surface area contributed by atoms with E-state index in [-0.39, 0.29) is 24.9 Å². The van der Waals surface area contributed by atoms with Gasteiger partial charge in [-0.15, -0.1) is 0 Å². The molecule has 0 saturated carbocycles. The molecular formula is C25H51ClN2O3. The van der Waals surface area contributed by atoms with E-state index in [1.165, 1.54) is 77.0 Å². The minimum atomic E-state index is 0. The monoisotopic (exact) mass is 462 g/mol. The average molecular weight is 463 g/mol. The number of carbonyl (C=O) groups is 1. The zero-order chi connectivity index (χ0) is 21.9. The van der Waals surface area contributed by atoms with Gasteiger partial charge < -0.3 is 26.7 Å². The number of aliphatic hydroxyl groups excluding tert-OH is 1. The first-order valence-electron chi connectivity index (χ1n) is 12.9. The second-order valence-corrected chi connectivity index (χ2v) is 9.55. The van der Waals surface area contributed by atoms with Crippen LogP contribution in [0.1, 0.15) is 103 Å². The van der Waals surface area contributed by atoms with E-state index in [2.05, 4.69) is 14.0 Å². The van der Waals surface area contributed by atoms with Crippen molar-refractivity contribution in [3.63, 3.8) is 0 Å². The molecular weight excluding hydrogens is 412 g/mol. The molecule has 0 aromatic carbocycles. The summed E-state index contributed by atoms with van der Waals surface area (Å²) < 4.78 is 6.56. The van der Waals surface area contributed by atoms with Crippen LogP contribution in [0.15, 0.2) is 0 Å². The molecule has 1 fully saturated rings. The summed E-state index contributed by atoms with van der Waals surface area (Å²) in [5.74, 6) is 0.264. The molecule has 1 N–H and O–H groups in total.